The van der Waals surface area contributed by atoms with Gasteiger partial charge in [0.15, 0.2) is 0 Å². The average Bonchev–Trinajstić information content (AvgIpc) is 3.31. The summed E-state index contributed by atoms with van der Waals surface area (Å²) in [5, 5.41) is 9.12. The van der Waals surface area contributed by atoms with Crippen LogP contribution >= 0.6 is 11.3 Å². The number of hydrogen-bond donors (Lipinski definition) is 2. The number of rotatable bonds is 7. The van der Waals surface area contributed by atoms with E-state index in [9.17, 15) is 13.2 Å². The lowest BCUT2D eigenvalue weighted by atomic mass is 10.0. The first kappa shape index (κ1) is 22.6. The zero-order chi connectivity index (χ0) is 23.6. The van der Waals surface area contributed by atoms with Crippen molar-refractivity contribution in [3.8, 4) is 27.3 Å². The zero-order valence-electron chi connectivity index (χ0n) is 17.9. The van der Waals surface area contributed by atoms with Crippen LogP contribution in [0.5, 0.6) is 5.75 Å². The maximum absolute atomic E-state index is 12.9. The van der Waals surface area contributed by atoms with Crippen molar-refractivity contribution in [1.82, 2.24) is 0 Å². The third-order valence-corrected chi connectivity index (χ3v) is 8.08. The number of thiophene rings is 1. The van der Waals surface area contributed by atoms with E-state index in [1.165, 1.54) is 30.9 Å². The molecule has 4 aromatic rings. The van der Waals surface area contributed by atoms with Crippen LogP contribution in [0.1, 0.15) is 15.9 Å². The SMILES string of the molecule is COc1cc(C(=O)O)ccc1NS(=O)(=O)c1ccc(-c2ccc(-c3ccc(C)cc3)cc2)s1. The van der Waals surface area contributed by atoms with Gasteiger partial charge in [-0.05, 0) is 53.9 Å². The normalized spacial score (nSPS) is 11.2. The third-order valence-electron chi connectivity index (χ3n) is 5.09. The van der Waals surface area contributed by atoms with Gasteiger partial charge < -0.3 is 9.84 Å². The summed E-state index contributed by atoms with van der Waals surface area (Å²) in [7, 11) is -2.53. The summed E-state index contributed by atoms with van der Waals surface area (Å²) in [6.07, 6.45) is 0. The number of methoxy groups -OCH3 is 1. The quantitative estimate of drug-likeness (QED) is 0.344. The second kappa shape index (κ2) is 9.09. The Hall–Kier alpha value is -3.62. The van der Waals surface area contributed by atoms with E-state index >= 15 is 0 Å². The van der Waals surface area contributed by atoms with E-state index in [1.807, 2.05) is 31.2 Å². The number of benzene rings is 3. The number of ether oxygens (including phenoxy) is 1. The van der Waals surface area contributed by atoms with Gasteiger partial charge in [-0.3, -0.25) is 4.72 Å². The van der Waals surface area contributed by atoms with Gasteiger partial charge in [0.1, 0.15) is 9.96 Å². The number of anilines is 1. The molecule has 33 heavy (non-hydrogen) atoms. The van der Waals surface area contributed by atoms with E-state index in [1.54, 1.807) is 12.1 Å². The molecular formula is C25H21NO5S2. The van der Waals surface area contributed by atoms with Crippen LogP contribution in [0.4, 0.5) is 5.69 Å². The Balaban J connectivity index is 1.56. The van der Waals surface area contributed by atoms with Crippen LogP contribution in [-0.2, 0) is 10.0 Å². The van der Waals surface area contributed by atoms with Crippen LogP contribution in [0.3, 0.4) is 0 Å². The van der Waals surface area contributed by atoms with E-state index in [2.05, 4.69) is 29.0 Å². The minimum Gasteiger partial charge on any atom is -0.495 e. The summed E-state index contributed by atoms with van der Waals surface area (Å²) in [5.41, 5.74) is 4.49. The minimum atomic E-state index is -3.88. The molecule has 0 fully saturated rings. The predicted molar refractivity (Wildman–Crippen MR) is 131 cm³/mol. The fourth-order valence-corrected chi connectivity index (χ4v) is 5.68. The molecule has 4 rings (SSSR count). The molecule has 0 aliphatic heterocycles. The van der Waals surface area contributed by atoms with Gasteiger partial charge in [0.25, 0.3) is 10.0 Å². The lowest BCUT2D eigenvalue weighted by Crippen LogP contribution is -2.12. The van der Waals surface area contributed by atoms with Gasteiger partial charge in [0, 0.05) is 4.88 Å². The number of carbonyl (C=O) groups is 1. The molecule has 0 saturated carbocycles. The summed E-state index contributed by atoms with van der Waals surface area (Å²) in [6, 6.07) is 23.5. The summed E-state index contributed by atoms with van der Waals surface area (Å²) in [4.78, 5) is 12.0. The van der Waals surface area contributed by atoms with Crippen molar-refractivity contribution in [2.45, 2.75) is 11.1 Å². The van der Waals surface area contributed by atoms with Crippen molar-refractivity contribution in [2.75, 3.05) is 11.8 Å². The third kappa shape index (κ3) is 4.92. The Morgan fingerprint density at radius 2 is 1.48 bits per heavy atom. The largest absolute Gasteiger partial charge is 0.495 e. The lowest BCUT2D eigenvalue weighted by molar-refractivity contribution is 0.0696. The smallest absolute Gasteiger partial charge is 0.335 e. The predicted octanol–water partition coefficient (Wildman–Crippen LogP) is 5.90. The molecule has 1 aromatic heterocycles. The average molecular weight is 480 g/mol. The Labute approximate surface area is 196 Å². The molecular weight excluding hydrogens is 458 g/mol. The van der Waals surface area contributed by atoms with Gasteiger partial charge in [0.2, 0.25) is 0 Å². The molecule has 1 heterocycles. The number of hydrogen-bond acceptors (Lipinski definition) is 5. The van der Waals surface area contributed by atoms with Gasteiger partial charge in [-0.2, -0.15) is 0 Å². The second-order valence-electron chi connectivity index (χ2n) is 7.39. The van der Waals surface area contributed by atoms with E-state index in [0.29, 0.717) is 0 Å². The van der Waals surface area contributed by atoms with Gasteiger partial charge >= 0.3 is 5.97 Å². The van der Waals surface area contributed by atoms with Crippen molar-refractivity contribution in [3.63, 3.8) is 0 Å². The molecule has 0 unspecified atom stereocenters. The number of sulfonamides is 1. The minimum absolute atomic E-state index is 0.00212. The van der Waals surface area contributed by atoms with Crippen LogP contribution < -0.4 is 9.46 Å². The molecule has 0 aliphatic carbocycles. The summed E-state index contributed by atoms with van der Waals surface area (Å²) < 4.78 is 33.6. The molecule has 0 bridgehead atoms. The van der Waals surface area contributed by atoms with Gasteiger partial charge in [-0.1, -0.05) is 54.1 Å². The van der Waals surface area contributed by atoms with Crippen LogP contribution in [0, 0.1) is 6.92 Å². The highest BCUT2D eigenvalue weighted by atomic mass is 32.2. The van der Waals surface area contributed by atoms with E-state index in [4.69, 9.17) is 9.84 Å². The van der Waals surface area contributed by atoms with Crippen LogP contribution in [0.15, 0.2) is 83.1 Å². The lowest BCUT2D eigenvalue weighted by Gasteiger charge is -2.11. The summed E-state index contributed by atoms with van der Waals surface area (Å²) >= 11 is 1.15. The number of aromatic carboxylic acids is 1. The first-order chi connectivity index (χ1) is 15.8. The van der Waals surface area contributed by atoms with Crippen molar-refractivity contribution in [2.24, 2.45) is 0 Å². The Bertz CT molecular complexity index is 1410. The molecule has 3 aromatic carbocycles. The molecule has 0 amide bonds. The maximum Gasteiger partial charge on any atom is 0.335 e. The first-order valence-electron chi connectivity index (χ1n) is 9.98. The molecule has 0 saturated heterocycles. The number of nitrogens with one attached hydrogen (secondary N) is 1. The fourth-order valence-electron chi connectivity index (χ4n) is 3.30. The second-order valence-corrected chi connectivity index (χ2v) is 10.4. The molecule has 0 aliphatic rings. The molecule has 6 nitrogen and oxygen atoms in total. The fraction of sp³-hybridized carbons (Fsp3) is 0.0800. The summed E-state index contributed by atoms with van der Waals surface area (Å²) in [6.45, 7) is 2.05. The number of carboxylic acids is 1. The van der Waals surface area contributed by atoms with Crippen LogP contribution in [0.2, 0.25) is 0 Å². The molecule has 0 atom stereocenters. The Kier molecular flexibility index (Phi) is 6.22. The maximum atomic E-state index is 12.9. The highest BCUT2D eigenvalue weighted by Gasteiger charge is 2.20. The molecule has 2 N–H and O–H groups in total. The topological polar surface area (TPSA) is 92.7 Å². The molecule has 168 valence electrons. The van der Waals surface area contributed by atoms with Crippen molar-refractivity contribution < 1.29 is 23.1 Å². The van der Waals surface area contributed by atoms with Crippen molar-refractivity contribution >= 4 is 33.0 Å². The molecule has 8 heteroatoms. The Morgan fingerprint density at radius 3 is 2.09 bits per heavy atom. The van der Waals surface area contributed by atoms with E-state index in [-0.39, 0.29) is 21.2 Å². The van der Waals surface area contributed by atoms with E-state index in [0.717, 1.165) is 32.9 Å². The van der Waals surface area contributed by atoms with Crippen molar-refractivity contribution in [3.05, 3.63) is 90.0 Å². The standard InChI is InChI=1S/C25H21NO5S2/c1-16-3-5-17(6-4-16)18-7-9-19(10-8-18)23-13-14-24(32-23)33(29,30)26-21-12-11-20(25(27)28)15-22(21)31-2/h3-15,26H,1-2H3,(H,27,28). The van der Waals surface area contributed by atoms with Crippen molar-refractivity contribution in [1.29, 1.82) is 0 Å². The monoisotopic (exact) mass is 479 g/mol. The zero-order valence-corrected chi connectivity index (χ0v) is 19.5. The number of carboxylic acid groups (broad SMARTS) is 1. The first-order valence-corrected chi connectivity index (χ1v) is 12.3. The molecule has 0 radical (unpaired) electrons. The van der Waals surface area contributed by atoms with E-state index < -0.39 is 16.0 Å². The van der Waals surface area contributed by atoms with Gasteiger partial charge in [-0.15, -0.1) is 11.3 Å². The number of aryl methyl sites for hydroxylation is 1. The highest BCUT2D eigenvalue weighted by molar-refractivity contribution is 7.94. The summed E-state index contributed by atoms with van der Waals surface area (Å²) in [5.74, 6) is -0.999. The van der Waals surface area contributed by atoms with Crippen LogP contribution in [-0.4, -0.2) is 26.6 Å². The van der Waals surface area contributed by atoms with Gasteiger partial charge in [-0.25, -0.2) is 13.2 Å². The highest BCUT2D eigenvalue weighted by Crippen LogP contribution is 2.34. The molecule has 0 spiro atoms. The van der Waals surface area contributed by atoms with Gasteiger partial charge in [0.05, 0.1) is 18.4 Å². The Morgan fingerprint density at radius 1 is 0.879 bits per heavy atom. The van der Waals surface area contributed by atoms with Crippen LogP contribution in [0.25, 0.3) is 21.6 Å².